The summed E-state index contributed by atoms with van der Waals surface area (Å²) < 4.78 is 23.1. The van der Waals surface area contributed by atoms with Crippen LogP contribution in [0.4, 0.5) is 10.5 Å². The molecule has 27 heavy (non-hydrogen) atoms. The van der Waals surface area contributed by atoms with Crippen LogP contribution in [0.15, 0.2) is 53.4 Å². The molecule has 2 aromatic carbocycles. The first-order valence-corrected chi connectivity index (χ1v) is 10.4. The van der Waals surface area contributed by atoms with Gasteiger partial charge in [-0.1, -0.05) is 24.3 Å². The van der Waals surface area contributed by atoms with Crippen LogP contribution in [0.1, 0.15) is 12.8 Å². The van der Waals surface area contributed by atoms with Gasteiger partial charge in [0.15, 0.2) is 9.84 Å². The number of likely N-dealkylation sites (tertiary alicyclic amines) is 1. The maximum Gasteiger partial charge on any atom is 0.407 e. The average Bonchev–Trinajstić information content (AvgIpc) is 3.11. The Hall–Kier alpha value is -2.87. The molecule has 0 saturated carbocycles. The number of hydrogen-bond donors (Lipinski definition) is 2. The highest BCUT2D eigenvalue weighted by Gasteiger charge is 2.34. The van der Waals surface area contributed by atoms with E-state index in [0.29, 0.717) is 25.1 Å². The Bertz CT molecular complexity index is 970. The molecule has 8 heteroatoms. The molecular formula is C19H20N2O5S. The first-order chi connectivity index (χ1) is 12.8. The molecule has 7 nitrogen and oxygen atoms in total. The van der Waals surface area contributed by atoms with E-state index in [9.17, 15) is 23.1 Å². The summed E-state index contributed by atoms with van der Waals surface area (Å²) in [5.74, 6) is -0.348. The lowest BCUT2D eigenvalue weighted by Crippen LogP contribution is -2.42. The van der Waals surface area contributed by atoms with Crippen molar-refractivity contribution in [3.63, 3.8) is 0 Å². The number of nitrogens with zero attached hydrogens (tertiary/aromatic N) is 1. The molecule has 0 aromatic heterocycles. The van der Waals surface area contributed by atoms with Gasteiger partial charge in [-0.05, 0) is 48.2 Å². The molecule has 1 heterocycles. The summed E-state index contributed by atoms with van der Waals surface area (Å²) in [5.41, 5.74) is 2.18. The molecule has 1 saturated heterocycles. The minimum absolute atomic E-state index is 0.241. The summed E-state index contributed by atoms with van der Waals surface area (Å²) in [7, 11) is -3.26. The Labute approximate surface area is 157 Å². The zero-order valence-electron chi connectivity index (χ0n) is 14.8. The predicted molar refractivity (Wildman–Crippen MR) is 101 cm³/mol. The normalized spacial score (nSPS) is 16.9. The lowest BCUT2D eigenvalue weighted by atomic mass is 10.1. The van der Waals surface area contributed by atoms with E-state index in [0.717, 1.165) is 22.3 Å². The van der Waals surface area contributed by atoms with Crippen molar-refractivity contribution in [1.82, 2.24) is 4.90 Å². The van der Waals surface area contributed by atoms with Gasteiger partial charge in [0.25, 0.3) is 0 Å². The molecule has 0 aliphatic carbocycles. The molecule has 142 valence electrons. The van der Waals surface area contributed by atoms with Crippen LogP contribution >= 0.6 is 0 Å². The van der Waals surface area contributed by atoms with Crippen LogP contribution in [0.5, 0.6) is 0 Å². The van der Waals surface area contributed by atoms with Gasteiger partial charge in [0.05, 0.1) is 4.90 Å². The molecule has 0 bridgehead atoms. The van der Waals surface area contributed by atoms with Gasteiger partial charge in [0, 0.05) is 18.5 Å². The van der Waals surface area contributed by atoms with E-state index < -0.39 is 22.0 Å². The van der Waals surface area contributed by atoms with Gasteiger partial charge < -0.3 is 10.4 Å². The zero-order chi connectivity index (χ0) is 19.6. The topological polar surface area (TPSA) is 104 Å². The SMILES string of the molecule is CS(=O)(=O)c1ccc(-c2cccc(NC(=O)[C@@H]3CCCN3C(=O)O)c2)cc1. The molecule has 3 rings (SSSR count). The smallest absolute Gasteiger partial charge is 0.407 e. The number of carbonyl (C=O) groups excluding carboxylic acids is 1. The Kier molecular flexibility index (Phi) is 5.18. The largest absolute Gasteiger partial charge is 0.465 e. The van der Waals surface area contributed by atoms with E-state index in [1.54, 1.807) is 42.5 Å². The molecule has 2 aromatic rings. The lowest BCUT2D eigenvalue weighted by molar-refractivity contribution is -0.119. The number of hydrogen-bond acceptors (Lipinski definition) is 4. The zero-order valence-corrected chi connectivity index (χ0v) is 15.6. The number of carboxylic acid groups (broad SMARTS) is 1. The number of amides is 2. The van der Waals surface area contributed by atoms with Crippen LogP contribution in [0.3, 0.4) is 0 Å². The van der Waals surface area contributed by atoms with E-state index in [1.807, 2.05) is 6.07 Å². The summed E-state index contributed by atoms with van der Waals surface area (Å²) in [5, 5.41) is 11.9. The first kappa shape index (κ1) is 18.9. The summed E-state index contributed by atoms with van der Waals surface area (Å²) in [6, 6.07) is 12.9. The molecule has 0 unspecified atom stereocenters. The van der Waals surface area contributed by atoms with Crippen LogP contribution in [0, 0.1) is 0 Å². The van der Waals surface area contributed by atoms with Crippen molar-refractivity contribution in [1.29, 1.82) is 0 Å². The standard InChI is InChI=1S/C19H20N2O5S/c1-27(25,26)16-9-7-13(8-10-16)14-4-2-5-15(12-14)20-18(22)17-6-3-11-21(17)19(23)24/h2,4-5,7-10,12,17H,3,6,11H2,1H3,(H,20,22)(H,23,24)/t17-/m0/s1. The quantitative estimate of drug-likeness (QED) is 0.838. The fourth-order valence-corrected chi connectivity index (χ4v) is 3.80. The maximum atomic E-state index is 12.4. The summed E-state index contributed by atoms with van der Waals surface area (Å²) in [6.45, 7) is 0.361. The molecule has 1 fully saturated rings. The van der Waals surface area contributed by atoms with Crippen LogP contribution in [0.2, 0.25) is 0 Å². The second-order valence-corrected chi connectivity index (χ2v) is 8.52. The van der Waals surface area contributed by atoms with Gasteiger partial charge in [-0.3, -0.25) is 9.69 Å². The monoisotopic (exact) mass is 388 g/mol. The molecule has 1 aliphatic rings. The summed E-state index contributed by atoms with van der Waals surface area (Å²) in [4.78, 5) is 25.1. The average molecular weight is 388 g/mol. The number of sulfone groups is 1. The van der Waals surface area contributed by atoms with Crippen molar-refractivity contribution in [3.8, 4) is 11.1 Å². The summed E-state index contributed by atoms with van der Waals surface area (Å²) in [6.07, 6.45) is 1.23. The van der Waals surface area contributed by atoms with E-state index in [4.69, 9.17) is 0 Å². The molecule has 0 spiro atoms. The van der Waals surface area contributed by atoms with Crippen molar-refractivity contribution in [2.24, 2.45) is 0 Å². The molecular weight excluding hydrogens is 368 g/mol. The maximum absolute atomic E-state index is 12.4. The van der Waals surface area contributed by atoms with E-state index >= 15 is 0 Å². The first-order valence-electron chi connectivity index (χ1n) is 8.47. The molecule has 2 amide bonds. The van der Waals surface area contributed by atoms with Crippen molar-refractivity contribution >= 4 is 27.5 Å². The highest BCUT2D eigenvalue weighted by molar-refractivity contribution is 7.90. The second kappa shape index (κ2) is 7.40. The van der Waals surface area contributed by atoms with Crippen LogP contribution in [-0.4, -0.2) is 49.3 Å². The third kappa shape index (κ3) is 4.28. The van der Waals surface area contributed by atoms with Crippen molar-refractivity contribution in [3.05, 3.63) is 48.5 Å². The minimum atomic E-state index is -3.26. The lowest BCUT2D eigenvalue weighted by Gasteiger charge is -2.20. The Morgan fingerprint density at radius 3 is 2.44 bits per heavy atom. The fraction of sp³-hybridized carbons (Fsp3) is 0.263. The second-order valence-electron chi connectivity index (χ2n) is 6.50. The van der Waals surface area contributed by atoms with Gasteiger partial charge in [-0.2, -0.15) is 0 Å². The molecule has 2 N–H and O–H groups in total. The minimum Gasteiger partial charge on any atom is -0.465 e. The Morgan fingerprint density at radius 2 is 1.81 bits per heavy atom. The van der Waals surface area contributed by atoms with Gasteiger partial charge in [-0.25, -0.2) is 13.2 Å². The van der Waals surface area contributed by atoms with Crippen LogP contribution < -0.4 is 5.32 Å². The van der Waals surface area contributed by atoms with Gasteiger partial charge in [0.1, 0.15) is 6.04 Å². The van der Waals surface area contributed by atoms with Crippen molar-refractivity contribution in [2.75, 3.05) is 18.1 Å². The van der Waals surface area contributed by atoms with Gasteiger partial charge in [-0.15, -0.1) is 0 Å². The van der Waals surface area contributed by atoms with E-state index in [-0.39, 0.29) is 10.8 Å². The molecule has 1 aliphatic heterocycles. The van der Waals surface area contributed by atoms with Crippen LogP contribution in [0.25, 0.3) is 11.1 Å². The van der Waals surface area contributed by atoms with E-state index in [1.165, 1.54) is 0 Å². The fourth-order valence-electron chi connectivity index (χ4n) is 3.16. The van der Waals surface area contributed by atoms with E-state index in [2.05, 4.69) is 5.32 Å². The number of anilines is 1. The third-order valence-corrected chi connectivity index (χ3v) is 5.68. The number of carbonyl (C=O) groups is 2. The van der Waals surface area contributed by atoms with Crippen LogP contribution in [-0.2, 0) is 14.6 Å². The van der Waals surface area contributed by atoms with Crippen molar-refractivity contribution in [2.45, 2.75) is 23.8 Å². The van der Waals surface area contributed by atoms with Gasteiger partial charge >= 0.3 is 6.09 Å². The van der Waals surface area contributed by atoms with Crippen molar-refractivity contribution < 1.29 is 23.1 Å². The van der Waals surface area contributed by atoms with Gasteiger partial charge in [0.2, 0.25) is 5.91 Å². The molecule has 1 atom stereocenters. The number of nitrogens with one attached hydrogen (secondary N) is 1. The predicted octanol–water partition coefficient (Wildman–Crippen LogP) is 2.84. The molecule has 0 radical (unpaired) electrons. The Morgan fingerprint density at radius 1 is 1.11 bits per heavy atom. The highest BCUT2D eigenvalue weighted by atomic mass is 32.2. The highest BCUT2D eigenvalue weighted by Crippen LogP contribution is 2.25. The summed E-state index contributed by atoms with van der Waals surface area (Å²) >= 11 is 0. The third-order valence-electron chi connectivity index (χ3n) is 4.55. The number of benzene rings is 2. The Balaban J connectivity index is 1.78. The number of rotatable bonds is 4.